The van der Waals surface area contributed by atoms with Gasteiger partial charge in [-0.3, -0.25) is 0 Å². The van der Waals surface area contributed by atoms with Crippen molar-refractivity contribution in [2.24, 2.45) is 40.4 Å². The zero-order chi connectivity index (χ0) is 26.9. The molecular formula is C28H46O. The molecule has 2 fully saturated rings. The average molecular weight is 406 g/mol. The molecule has 4 aliphatic carbocycles. The lowest BCUT2D eigenvalue weighted by atomic mass is 9.50. The molecule has 0 unspecified atom stereocenters. The third kappa shape index (κ3) is 3.58. The summed E-state index contributed by atoms with van der Waals surface area (Å²) in [5.41, 5.74) is 3.89. The van der Waals surface area contributed by atoms with Gasteiger partial charge >= 0.3 is 0 Å². The highest BCUT2D eigenvalue weighted by Crippen LogP contribution is 2.66. The summed E-state index contributed by atoms with van der Waals surface area (Å²) < 4.78 is 55.0. The van der Waals surface area contributed by atoms with Crippen molar-refractivity contribution in [3.63, 3.8) is 0 Å². The molecule has 2 saturated carbocycles. The molecule has 4 aliphatic rings. The molecule has 0 saturated heterocycles. The molecule has 0 heterocycles. The van der Waals surface area contributed by atoms with Crippen molar-refractivity contribution >= 4 is 0 Å². The van der Waals surface area contributed by atoms with Crippen molar-refractivity contribution in [1.29, 1.82) is 0 Å². The minimum absolute atomic E-state index is 0.00780. The Balaban J connectivity index is 1.49. The van der Waals surface area contributed by atoms with Crippen molar-refractivity contribution in [2.75, 3.05) is 0 Å². The van der Waals surface area contributed by atoms with Crippen molar-refractivity contribution in [3.8, 4) is 0 Å². The summed E-state index contributed by atoms with van der Waals surface area (Å²) >= 11 is 0. The maximum Gasteiger partial charge on any atom is 0.0543 e. The van der Waals surface area contributed by atoms with Gasteiger partial charge in [0.1, 0.15) is 0 Å². The third-order valence-electron chi connectivity index (χ3n) is 9.98. The number of hydrogen-bond donors (Lipinski definition) is 1. The van der Waals surface area contributed by atoms with Crippen LogP contribution in [0.15, 0.2) is 23.3 Å². The normalized spacial score (nSPS) is 47.8. The molecule has 0 aliphatic heterocycles. The zero-order valence-corrected chi connectivity index (χ0v) is 18.8. The van der Waals surface area contributed by atoms with E-state index in [1.54, 1.807) is 11.1 Å². The Morgan fingerprint density at radius 1 is 1.21 bits per heavy atom. The Bertz CT molecular complexity index is 889. The lowest BCUT2D eigenvalue weighted by molar-refractivity contribution is 0.0133. The lowest BCUT2D eigenvalue weighted by Gasteiger charge is -2.55. The smallest absolute Gasteiger partial charge is 0.0543 e. The molecule has 1 heteroatoms. The van der Waals surface area contributed by atoms with Crippen LogP contribution in [0.1, 0.15) is 115 Å². The van der Waals surface area contributed by atoms with Gasteiger partial charge in [-0.2, -0.15) is 0 Å². The van der Waals surface area contributed by atoms with E-state index in [0.717, 1.165) is 32.1 Å². The largest absolute Gasteiger partial charge is 0.393 e. The minimum Gasteiger partial charge on any atom is -0.393 e. The summed E-state index contributed by atoms with van der Waals surface area (Å²) in [6.45, 7) is 5.09. The first kappa shape index (κ1) is 14.5. The fourth-order valence-electron chi connectivity index (χ4n) is 8.14. The molecule has 0 amide bonds. The van der Waals surface area contributed by atoms with Crippen LogP contribution in [0.3, 0.4) is 0 Å². The van der Waals surface area contributed by atoms with Crippen molar-refractivity contribution in [3.05, 3.63) is 23.3 Å². The Morgan fingerprint density at radius 3 is 2.76 bits per heavy atom. The standard InChI is InChI=1S/C28H46O/c1-18(2)19(3)7-8-20(4)24-11-12-25-23-10-9-21-17-22(29)13-15-27(21,5)26(23)14-16-28(24,25)6/h18,20-22,24-25,29H,3,7-17H2,1-2,4-6H3/t20-,21+,22+,24-,25+,27+,28-/m1/s1/i1D3,2D3,18D. The highest BCUT2D eigenvalue weighted by Gasteiger charge is 2.55. The first-order valence-corrected chi connectivity index (χ1v) is 12.1. The number of hydrogen-bond acceptors (Lipinski definition) is 1. The predicted molar refractivity (Wildman–Crippen MR) is 124 cm³/mol. The van der Waals surface area contributed by atoms with E-state index < -0.39 is 19.6 Å². The Hall–Kier alpha value is -0.560. The Labute approximate surface area is 190 Å². The highest BCUT2D eigenvalue weighted by molar-refractivity contribution is 5.34. The van der Waals surface area contributed by atoms with Crippen LogP contribution in [0.4, 0.5) is 0 Å². The monoisotopic (exact) mass is 405 g/mol. The van der Waals surface area contributed by atoms with E-state index in [-0.39, 0.29) is 28.9 Å². The number of fused-ring (bicyclic) bond motifs is 4. The second-order valence-electron chi connectivity index (χ2n) is 11.3. The molecule has 0 aromatic heterocycles. The van der Waals surface area contributed by atoms with Gasteiger partial charge < -0.3 is 5.11 Å². The maximum atomic E-state index is 10.3. The molecule has 164 valence electrons. The molecule has 7 atom stereocenters. The summed E-state index contributed by atoms with van der Waals surface area (Å²) in [6.07, 6.45) is 10.8. The Kier molecular flexibility index (Phi) is 3.92. The van der Waals surface area contributed by atoms with Crippen LogP contribution in [-0.4, -0.2) is 11.2 Å². The number of rotatable bonds is 5. The summed E-state index contributed by atoms with van der Waals surface area (Å²) in [6, 6.07) is 0. The van der Waals surface area contributed by atoms with E-state index in [9.17, 15) is 5.11 Å². The maximum absolute atomic E-state index is 10.3. The van der Waals surface area contributed by atoms with E-state index in [1.807, 2.05) is 0 Å². The average Bonchev–Trinajstić information content (AvgIpc) is 3.12. The second-order valence-corrected chi connectivity index (χ2v) is 11.3. The van der Waals surface area contributed by atoms with Gasteiger partial charge in [-0.05, 0) is 111 Å². The summed E-state index contributed by atoms with van der Waals surface area (Å²) in [5, 5.41) is 10.3. The molecule has 0 aromatic rings. The van der Waals surface area contributed by atoms with E-state index >= 15 is 0 Å². The molecule has 1 N–H and O–H groups in total. The lowest BCUT2D eigenvalue weighted by Crippen LogP contribution is -2.45. The molecule has 0 spiro atoms. The van der Waals surface area contributed by atoms with Gasteiger partial charge in [-0.25, -0.2) is 0 Å². The van der Waals surface area contributed by atoms with Crippen molar-refractivity contribution in [2.45, 2.75) is 111 Å². The van der Waals surface area contributed by atoms with Gasteiger partial charge in [-0.1, -0.05) is 57.8 Å². The third-order valence-corrected chi connectivity index (χ3v) is 9.98. The number of aliphatic hydroxyl groups is 1. The van der Waals surface area contributed by atoms with E-state index in [4.69, 9.17) is 9.60 Å². The van der Waals surface area contributed by atoms with Crippen molar-refractivity contribution < 1.29 is 14.7 Å². The molecule has 4 rings (SSSR count). The summed E-state index contributed by atoms with van der Waals surface area (Å²) in [7, 11) is 0. The first-order valence-electron chi connectivity index (χ1n) is 15.6. The SMILES string of the molecule is [2H]C([2H])([2H])C([2H])(C(=C)CC[C@@H](C)[C@H]1CC[C@H]2C3=C(CC[C@]12C)[C@@]1(C)CC[C@H](O)C[C@@H]1CC3)C([2H])([2H])[2H]. The fourth-order valence-corrected chi connectivity index (χ4v) is 8.14. The number of allylic oxidation sites excluding steroid dienone is 3. The van der Waals surface area contributed by atoms with Gasteiger partial charge in [0.2, 0.25) is 0 Å². The highest BCUT2D eigenvalue weighted by atomic mass is 16.3. The van der Waals surface area contributed by atoms with Crippen LogP contribution >= 0.6 is 0 Å². The van der Waals surface area contributed by atoms with E-state index in [1.165, 1.54) is 25.7 Å². The van der Waals surface area contributed by atoms with E-state index in [2.05, 4.69) is 27.4 Å². The molecule has 1 nitrogen and oxygen atoms in total. The molecule has 0 aromatic carbocycles. The quantitative estimate of drug-likeness (QED) is 0.465. The molecule has 29 heavy (non-hydrogen) atoms. The summed E-state index contributed by atoms with van der Waals surface area (Å²) in [5.74, 6) is -0.611. The second kappa shape index (κ2) is 7.85. The van der Waals surface area contributed by atoms with Gasteiger partial charge in [-0.15, -0.1) is 0 Å². The zero-order valence-electron chi connectivity index (χ0n) is 25.8. The van der Waals surface area contributed by atoms with Gasteiger partial charge in [0.05, 0.1) is 6.10 Å². The molecule has 0 bridgehead atoms. The summed E-state index contributed by atoms with van der Waals surface area (Å²) in [4.78, 5) is 0. The van der Waals surface area contributed by atoms with E-state index in [0.29, 0.717) is 30.1 Å². The van der Waals surface area contributed by atoms with Crippen LogP contribution in [0.2, 0.25) is 0 Å². The van der Waals surface area contributed by atoms with Gasteiger partial charge in [0.25, 0.3) is 0 Å². The Morgan fingerprint density at radius 2 is 2.00 bits per heavy atom. The minimum atomic E-state index is -2.95. The first-order chi connectivity index (χ1) is 16.5. The number of aliphatic hydroxyl groups excluding tert-OH is 1. The molecular weight excluding hydrogens is 352 g/mol. The van der Waals surface area contributed by atoms with Crippen LogP contribution < -0.4 is 0 Å². The molecule has 0 radical (unpaired) electrons. The topological polar surface area (TPSA) is 20.2 Å². The predicted octanol–water partition coefficient (Wildman–Crippen LogP) is 7.70. The van der Waals surface area contributed by atoms with Crippen LogP contribution in [0, 0.1) is 40.4 Å². The van der Waals surface area contributed by atoms with Crippen LogP contribution in [-0.2, 0) is 0 Å². The van der Waals surface area contributed by atoms with Crippen LogP contribution in [0.25, 0.3) is 0 Å². The van der Waals surface area contributed by atoms with Gasteiger partial charge in [0.15, 0.2) is 0 Å². The van der Waals surface area contributed by atoms with Crippen LogP contribution in [0.5, 0.6) is 0 Å². The van der Waals surface area contributed by atoms with Gasteiger partial charge in [0, 0.05) is 9.60 Å². The fraction of sp³-hybridized carbons (Fsp3) is 0.857. The van der Waals surface area contributed by atoms with Crippen molar-refractivity contribution in [1.82, 2.24) is 0 Å².